The van der Waals surface area contributed by atoms with Crippen molar-refractivity contribution >= 4 is 29.2 Å². The summed E-state index contributed by atoms with van der Waals surface area (Å²) in [4.78, 5) is 47.4. The number of hydrogen-bond acceptors (Lipinski definition) is 8. The first-order chi connectivity index (χ1) is 25.2. The van der Waals surface area contributed by atoms with E-state index in [4.69, 9.17) is 0 Å². The van der Waals surface area contributed by atoms with Gasteiger partial charge < -0.3 is 26.2 Å². The molecule has 0 saturated heterocycles. The van der Waals surface area contributed by atoms with Crippen LogP contribution in [0.15, 0.2) is 60.9 Å². The zero-order valence-corrected chi connectivity index (χ0v) is 29.7. The Hall–Kier alpha value is -4.97. The van der Waals surface area contributed by atoms with Crippen LogP contribution in [-0.4, -0.2) is 56.7 Å². The highest BCUT2D eigenvalue weighted by molar-refractivity contribution is 6.05. The highest BCUT2D eigenvalue weighted by Crippen LogP contribution is 2.43. The zero-order valence-electron chi connectivity index (χ0n) is 29.7. The predicted octanol–water partition coefficient (Wildman–Crippen LogP) is 6.20. The molecule has 0 radical (unpaired) electrons. The molecule has 270 valence electrons. The monoisotopic (exact) mass is 702 g/mol. The molecule has 2 aromatic heterocycles. The van der Waals surface area contributed by atoms with E-state index in [2.05, 4.69) is 31.2 Å². The summed E-state index contributed by atoms with van der Waals surface area (Å²) in [5, 5.41) is 31.3. The Balaban J connectivity index is 1.06. The third-order valence-corrected chi connectivity index (χ3v) is 10.7. The maximum absolute atomic E-state index is 13.5. The van der Waals surface area contributed by atoms with Gasteiger partial charge in [0.05, 0.1) is 6.61 Å². The number of aliphatic carboxylic acids is 1. The van der Waals surface area contributed by atoms with Gasteiger partial charge >= 0.3 is 5.97 Å². The number of benzene rings is 2. The third kappa shape index (κ3) is 7.91. The van der Waals surface area contributed by atoms with Crippen molar-refractivity contribution in [2.45, 2.75) is 95.8 Å². The minimum absolute atomic E-state index is 0.223. The van der Waals surface area contributed by atoms with Gasteiger partial charge in [-0.1, -0.05) is 30.7 Å². The van der Waals surface area contributed by atoms with Crippen LogP contribution in [0, 0.1) is 13.8 Å². The van der Waals surface area contributed by atoms with E-state index >= 15 is 0 Å². The Morgan fingerprint density at radius 3 is 1.67 bits per heavy atom. The minimum atomic E-state index is -1.13. The van der Waals surface area contributed by atoms with Crippen LogP contribution in [0.4, 0.5) is 11.4 Å². The Morgan fingerprint density at radius 1 is 0.750 bits per heavy atom. The molecule has 1 atom stereocenters. The van der Waals surface area contributed by atoms with Crippen molar-refractivity contribution in [3.63, 3.8) is 0 Å². The van der Waals surface area contributed by atoms with Gasteiger partial charge in [-0.25, -0.2) is 0 Å². The van der Waals surface area contributed by atoms with Crippen molar-refractivity contribution in [2.24, 2.45) is 0 Å². The molecule has 2 aromatic carbocycles. The third-order valence-electron chi connectivity index (χ3n) is 10.7. The average Bonchev–Trinajstić information content (AvgIpc) is 4.05. The van der Waals surface area contributed by atoms with Crippen molar-refractivity contribution in [1.29, 1.82) is 0 Å². The summed E-state index contributed by atoms with van der Waals surface area (Å²) in [5.74, 6) is -0.929. The molecule has 3 aliphatic rings. The number of rotatable bonds is 15. The number of aromatic nitrogens is 2. The van der Waals surface area contributed by atoms with E-state index in [0.29, 0.717) is 34.9 Å². The Kier molecular flexibility index (Phi) is 10.4. The van der Waals surface area contributed by atoms with Crippen LogP contribution in [0.3, 0.4) is 0 Å². The lowest BCUT2D eigenvalue weighted by molar-refractivity contribution is -0.140. The van der Waals surface area contributed by atoms with Gasteiger partial charge in [0.2, 0.25) is 0 Å². The maximum Gasteiger partial charge on any atom is 0.323 e. The molecule has 52 heavy (non-hydrogen) atoms. The average molecular weight is 703 g/mol. The lowest BCUT2D eigenvalue weighted by atomic mass is 9.92. The van der Waals surface area contributed by atoms with Crippen LogP contribution >= 0.6 is 0 Å². The van der Waals surface area contributed by atoms with Crippen LogP contribution in [0.25, 0.3) is 11.1 Å². The van der Waals surface area contributed by atoms with E-state index in [0.717, 1.165) is 65.6 Å². The summed E-state index contributed by atoms with van der Waals surface area (Å²) in [6, 6.07) is 14.8. The molecule has 0 aliphatic heterocycles. The van der Waals surface area contributed by atoms with Gasteiger partial charge in [0.25, 0.3) is 11.8 Å². The molecule has 0 bridgehead atoms. The minimum Gasteiger partial charge on any atom is -0.480 e. The van der Waals surface area contributed by atoms with E-state index in [1.807, 2.05) is 62.5 Å². The summed E-state index contributed by atoms with van der Waals surface area (Å²) >= 11 is 0. The van der Waals surface area contributed by atoms with Gasteiger partial charge in [-0.15, -0.1) is 0 Å². The molecule has 3 saturated carbocycles. The molecule has 11 nitrogen and oxygen atoms in total. The molecule has 2 heterocycles. The number of carbonyl (C=O) groups is 3. The lowest BCUT2D eigenvalue weighted by Crippen LogP contribution is -2.39. The number of anilines is 2. The first kappa shape index (κ1) is 35.4. The normalized spacial score (nSPS) is 16.2. The number of nitrogens with zero attached hydrogens (tertiary/aromatic N) is 2. The molecule has 3 fully saturated rings. The number of aliphatic hydroxyl groups excluding tert-OH is 1. The smallest absolute Gasteiger partial charge is 0.323 e. The van der Waals surface area contributed by atoms with E-state index in [1.54, 1.807) is 12.3 Å². The second-order valence-electron chi connectivity index (χ2n) is 14.4. The van der Waals surface area contributed by atoms with Crippen molar-refractivity contribution in [3.8, 4) is 11.1 Å². The van der Waals surface area contributed by atoms with E-state index < -0.39 is 18.6 Å². The fourth-order valence-corrected chi connectivity index (χ4v) is 6.92. The topological polar surface area (TPSA) is 166 Å². The number of carboxylic acids is 1. The van der Waals surface area contributed by atoms with Gasteiger partial charge in [0.15, 0.2) is 0 Å². The number of nitrogens with one attached hydrogen (secondary N) is 4. The van der Waals surface area contributed by atoms with Crippen LogP contribution < -0.4 is 21.3 Å². The first-order valence-electron chi connectivity index (χ1n) is 18.3. The summed E-state index contributed by atoms with van der Waals surface area (Å²) in [6.07, 6.45) is 11.5. The van der Waals surface area contributed by atoms with E-state index in [1.165, 1.54) is 30.4 Å². The Morgan fingerprint density at radius 2 is 1.25 bits per heavy atom. The molecular formula is C41H46N6O5. The second-order valence-corrected chi connectivity index (χ2v) is 14.4. The number of pyridine rings is 2. The molecule has 0 unspecified atom stereocenters. The second kappa shape index (κ2) is 15.3. The van der Waals surface area contributed by atoms with Gasteiger partial charge in [0, 0.05) is 42.9 Å². The van der Waals surface area contributed by atoms with Crippen molar-refractivity contribution < 1.29 is 24.6 Å². The van der Waals surface area contributed by atoms with E-state index in [-0.39, 0.29) is 24.1 Å². The Labute approximate surface area is 303 Å². The fraction of sp³-hybridized carbons (Fsp3) is 0.390. The van der Waals surface area contributed by atoms with Crippen LogP contribution in [0.1, 0.15) is 111 Å². The number of amides is 2. The predicted molar refractivity (Wildman–Crippen MR) is 200 cm³/mol. The fourth-order valence-electron chi connectivity index (χ4n) is 6.92. The number of carbonyl (C=O) groups excluding carboxylic acids is 2. The van der Waals surface area contributed by atoms with Gasteiger partial charge in [0.1, 0.15) is 17.4 Å². The SMILES string of the molecule is Cc1c(NC(=O)c2cc(C3CC3)c(CNC3CCC3)cn2)cccc1-c1cccc(NC(=O)c2cc(C3CC3)c(CN[C@H](CO)C(=O)O)cn2)c1C. The van der Waals surface area contributed by atoms with Crippen molar-refractivity contribution in [2.75, 3.05) is 17.2 Å². The Bertz CT molecular complexity index is 2000. The molecular weight excluding hydrogens is 656 g/mol. The summed E-state index contributed by atoms with van der Waals surface area (Å²) in [6.45, 7) is 4.42. The van der Waals surface area contributed by atoms with Crippen LogP contribution in [-0.2, 0) is 17.9 Å². The molecule has 2 amide bonds. The largest absolute Gasteiger partial charge is 0.480 e. The molecule has 11 heteroatoms. The zero-order chi connectivity index (χ0) is 36.4. The van der Waals surface area contributed by atoms with Gasteiger partial charge in [-0.2, -0.15) is 0 Å². The molecule has 7 rings (SSSR count). The summed E-state index contributed by atoms with van der Waals surface area (Å²) in [5.41, 5.74) is 9.85. The lowest BCUT2D eigenvalue weighted by Gasteiger charge is -2.27. The van der Waals surface area contributed by atoms with Gasteiger partial charge in [-0.3, -0.25) is 29.7 Å². The van der Waals surface area contributed by atoms with Crippen molar-refractivity contribution in [1.82, 2.24) is 20.6 Å². The molecule has 6 N–H and O–H groups in total. The van der Waals surface area contributed by atoms with Crippen LogP contribution in [0.5, 0.6) is 0 Å². The quantitative estimate of drug-likeness (QED) is 0.0847. The highest BCUT2D eigenvalue weighted by Gasteiger charge is 2.30. The highest BCUT2D eigenvalue weighted by atomic mass is 16.4. The van der Waals surface area contributed by atoms with Crippen molar-refractivity contribution in [3.05, 3.63) is 106 Å². The molecule has 3 aliphatic carbocycles. The summed E-state index contributed by atoms with van der Waals surface area (Å²) < 4.78 is 0. The molecule has 0 spiro atoms. The number of hydrogen-bond donors (Lipinski definition) is 6. The van der Waals surface area contributed by atoms with Crippen LogP contribution in [0.2, 0.25) is 0 Å². The van der Waals surface area contributed by atoms with Gasteiger partial charge in [-0.05, 0) is 133 Å². The summed E-state index contributed by atoms with van der Waals surface area (Å²) in [7, 11) is 0. The van der Waals surface area contributed by atoms with E-state index in [9.17, 15) is 24.6 Å². The maximum atomic E-state index is 13.5. The molecule has 4 aromatic rings. The number of carboxylic acid groups (broad SMARTS) is 1. The first-order valence-corrected chi connectivity index (χ1v) is 18.3. The standard InChI is InChI=1S/C41H46N6O5/c1-23-30(8-4-10-34(23)46-39(49)36-16-32(25-12-13-25)27(19-43-36)18-42-29-6-3-7-29)31-9-5-11-35(24(31)2)47-40(50)37-17-33(26-14-15-26)28(20-44-37)21-45-38(22-48)41(51)52/h4-5,8-11,16-17,19-20,25-26,29,38,42,45,48H,3,6-7,12-15,18,21-22H2,1-2H3,(H,46,49)(H,47,50)(H,51,52)/t38-/m1/s1. The number of aliphatic hydroxyl groups is 1.